The predicted molar refractivity (Wildman–Crippen MR) is 123 cm³/mol. The minimum absolute atomic E-state index is 0.130. The normalized spacial score (nSPS) is 20.6. The second-order valence-corrected chi connectivity index (χ2v) is 9.09. The van der Waals surface area contributed by atoms with Crippen LogP contribution in [0.15, 0.2) is 24.7 Å². The monoisotopic (exact) mass is 437 g/mol. The van der Waals surface area contributed by atoms with E-state index in [9.17, 15) is 4.79 Å². The highest BCUT2D eigenvalue weighted by molar-refractivity contribution is 6.00. The Kier molecular flexibility index (Phi) is 5.93. The molecule has 2 aromatic heterocycles. The molecule has 0 unspecified atom stereocenters. The van der Waals surface area contributed by atoms with Gasteiger partial charge in [-0.3, -0.25) is 9.78 Å². The van der Waals surface area contributed by atoms with E-state index in [1.165, 1.54) is 12.8 Å². The van der Waals surface area contributed by atoms with Crippen LogP contribution in [0.1, 0.15) is 35.3 Å². The number of ketones is 1. The highest BCUT2D eigenvalue weighted by Crippen LogP contribution is 2.40. The fraction of sp³-hybridized carbons (Fsp3) is 0.565. The topological polar surface area (TPSA) is 109 Å². The van der Waals surface area contributed by atoms with Crippen molar-refractivity contribution in [1.29, 1.82) is 0 Å². The lowest BCUT2D eigenvalue weighted by Gasteiger charge is -2.33. The van der Waals surface area contributed by atoms with E-state index in [4.69, 9.17) is 10.5 Å². The number of anilines is 3. The van der Waals surface area contributed by atoms with Crippen LogP contribution in [0.25, 0.3) is 0 Å². The first kappa shape index (κ1) is 21.1. The summed E-state index contributed by atoms with van der Waals surface area (Å²) in [5.74, 6) is 0.805. The molecular formula is C23H31N7O2. The van der Waals surface area contributed by atoms with Crippen molar-refractivity contribution < 1.29 is 9.53 Å². The number of morpholine rings is 1. The summed E-state index contributed by atoms with van der Waals surface area (Å²) in [7, 11) is 0. The van der Waals surface area contributed by atoms with E-state index in [1.54, 1.807) is 18.6 Å². The summed E-state index contributed by atoms with van der Waals surface area (Å²) in [6.07, 6.45) is 8.94. The lowest BCUT2D eigenvalue weighted by Crippen LogP contribution is -2.38. The smallest absolute Gasteiger partial charge is 0.189 e. The van der Waals surface area contributed by atoms with E-state index in [0.29, 0.717) is 18.6 Å². The molecule has 5 heterocycles. The van der Waals surface area contributed by atoms with Gasteiger partial charge in [0.25, 0.3) is 0 Å². The van der Waals surface area contributed by atoms with Crippen LogP contribution in [0.5, 0.6) is 0 Å². The van der Waals surface area contributed by atoms with E-state index in [1.807, 2.05) is 6.07 Å². The first-order valence-electron chi connectivity index (χ1n) is 11.5. The lowest BCUT2D eigenvalue weighted by atomic mass is 9.78. The average Bonchev–Trinajstić information content (AvgIpc) is 3.23. The van der Waals surface area contributed by atoms with Crippen molar-refractivity contribution >= 4 is 23.1 Å². The van der Waals surface area contributed by atoms with Crippen LogP contribution in [0.2, 0.25) is 0 Å². The standard InChI is InChI=1S/C23H31N7O2/c24-22-21(19(31)13-17-14-26-5-1-18(17)29-9-11-32-12-10-29)28-20(15-27-22)30-8-4-23(16-30)2-6-25-7-3-23/h1,5,14-15,25H,2-4,6-13,16H2,(H2,24,27). The number of hydrogen-bond donors (Lipinski definition) is 2. The number of ether oxygens (including phenoxy) is 1. The minimum atomic E-state index is -0.130. The number of piperidine rings is 1. The molecule has 0 amide bonds. The predicted octanol–water partition coefficient (Wildman–Crippen LogP) is 1.30. The molecule has 3 aliphatic heterocycles. The van der Waals surface area contributed by atoms with Gasteiger partial charge in [0, 0.05) is 56.2 Å². The van der Waals surface area contributed by atoms with E-state index in [2.05, 4.69) is 30.1 Å². The van der Waals surface area contributed by atoms with Gasteiger partial charge in [0.15, 0.2) is 17.3 Å². The molecule has 32 heavy (non-hydrogen) atoms. The van der Waals surface area contributed by atoms with E-state index in [-0.39, 0.29) is 23.7 Å². The highest BCUT2D eigenvalue weighted by atomic mass is 16.5. The number of nitrogens with zero attached hydrogens (tertiary/aromatic N) is 5. The number of aromatic nitrogens is 3. The van der Waals surface area contributed by atoms with Crippen molar-refractivity contribution in [3.8, 4) is 0 Å². The molecule has 0 aromatic carbocycles. The molecule has 9 nitrogen and oxygen atoms in total. The number of nitrogens with two attached hydrogens (primary N) is 1. The Morgan fingerprint density at radius 2 is 1.94 bits per heavy atom. The summed E-state index contributed by atoms with van der Waals surface area (Å²) in [6, 6.07) is 1.96. The quantitative estimate of drug-likeness (QED) is 0.669. The third-order valence-electron chi connectivity index (χ3n) is 7.06. The largest absolute Gasteiger partial charge is 0.382 e. The number of pyridine rings is 1. The maximum atomic E-state index is 13.3. The van der Waals surface area contributed by atoms with Crippen LogP contribution < -0.4 is 20.9 Å². The van der Waals surface area contributed by atoms with Crippen LogP contribution in [-0.4, -0.2) is 73.2 Å². The molecule has 1 spiro atoms. The zero-order valence-electron chi connectivity index (χ0n) is 18.4. The van der Waals surface area contributed by atoms with Crippen LogP contribution in [-0.2, 0) is 11.2 Å². The van der Waals surface area contributed by atoms with Crippen molar-refractivity contribution in [1.82, 2.24) is 20.3 Å². The highest BCUT2D eigenvalue weighted by Gasteiger charge is 2.39. The average molecular weight is 438 g/mol. The summed E-state index contributed by atoms with van der Waals surface area (Å²) < 4.78 is 5.46. The lowest BCUT2D eigenvalue weighted by molar-refractivity contribution is 0.0988. The number of nitrogen functional groups attached to an aromatic ring is 1. The fourth-order valence-electron chi connectivity index (χ4n) is 5.17. The molecule has 0 aliphatic carbocycles. The summed E-state index contributed by atoms with van der Waals surface area (Å²) >= 11 is 0. The van der Waals surface area contributed by atoms with Crippen LogP contribution in [0.4, 0.5) is 17.3 Å². The Bertz CT molecular complexity index is 971. The van der Waals surface area contributed by atoms with Gasteiger partial charge in [-0.2, -0.15) is 0 Å². The van der Waals surface area contributed by atoms with Crippen molar-refractivity contribution in [2.24, 2.45) is 5.41 Å². The molecular weight excluding hydrogens is 406 g/mol. The van der Waals surface area contributed by atoms with Crippen molar-refractivity contribution in [2.75, 3.05) is 68.0 Å². The van der Waals surface area contributed by atoms with Gasteiger partial charge >= 0.3 is 0 Å². The summed E-state index contributed by atoms with van der Waals surface area (Å²) in [5, 5.41) is 3.45. The van der Waals surface area contributed by atoms with Gasteiger partial charge in [0.05, 0.1) is 19.4 Å². The van der Waals surface area contributed by atoms with E-state index < -0.39 is 0 Å². The maximum absolute atomic E-state index is 13.3. The molecule has 2 aromatic rings. The van der Waals surface area contributed by atoms with Gasteiger partial charge in [0.2, 0.25) is 0 Å². The molecule has 9 heteroatoms. The number of rotatable bonds is 5. The molecule has 0 bridgehead atoms. The number of carbonyl (C=O) groups is 1. The van der Waals surface area contributed by atoms with Gasteiger partial charge in [-0.05, 0) is 43.8 Å². The molecule has 5 rings (SSSR count). The Balaban J connectivity index is 1.34. The molecule has 3 aliphatic rings. The number of carbonyl (C=O) groups excluding carboxylic acids is 1. The number of hydrogen-bond acceptors (Lipinski definition) is 9. The Morgan fingerprint density at radius 1 is 1.12 bits per heavy atom. The van der Waals surface area contributed by atoms with Crippen molar-refractivity contribution in [2.45, 2.75) is 25.7 Å². The van der Waals surface area contributed by atoms with Crippen LogP contribution >= 0.6 is 0 Å². The van der Waals surface area contributed by atoms with Gasteiger partial charge in [-0.15, -0.1) is 0 Å². The first-order chi connectivity index (χ1) is 15.6. The molecule has 0 radical (unpaired) electrons. The van der Waals surface area contributed by atoms with Crippen LogP contribution in [0, 0.1) is 5.41 Å². The summed E-state index contributed by atoms with van der Waals surface area (Å²) in [6.45, 7) is 7.01. The Hall–Kier alpha value is -2.78. The third-order valence-corrected chi connectivity index (χ3v) is 7.06. The molecule has 170 valence electrons. The fourth-order valence-corrected chi connectivity index (χ4v) is 5.17. The molecule has 3 N–H and O–H groups in total. The number of nitrogens with one attached hydrogen (secondary N) is 1. The number of Topliss-reactive ketones (excluding diaryl/α,β-unsaturated/α-hetero) is 1. The zero-order valence-corrected chi connectivity index (χ0v) is 18.4. The second kappa shape index (κ2) is 8.99. The SMILES string of the molecule is Nc1ncc(N2CCC3(CCNCC3)C2)nc1C(=O)Cc1cnccc1N1CCOCC1. The Morgan fingerprint density at radius 3 is 2.75 bits per heavy atom. The molecule has 0 saturated carbocycles. The molecule has 3 saturated heterocycles. The minimum Gasteiger partial charge on any atom is -0.382 e. The van der Waals surface area contributed by atoms with Crippen molar-refractivity contribution in [3.05, 3.63) is 35.9 Å². The zero-order chi connectivity index (χ0) is 22.0. The molecule has 0 atom stereocenters. The van der Waals surface area contributed by atoms with Crippen LogP contribution in [0.3, 0.4) is 0 Å². The van der Waals surface area contributed by atoms with Gasteiger partial charge in [0.1, 0.15) is 5.82 Å². The molecule has 3 fully saturated rings. The van der Waals surface area contributed by atoms with Gasteiger partial charge in [-0.25, -0.2) is 9.97 Å². The van der Waals surface area contributed by atoms with Crippen molar-refractivity contribution in [3.63, 3.8) is 0 Å². The van der Waals surface area contributed by atoms with E-state index >= 15 is 0 Å². The van der Waals surface area contributed by atoms with Gasteiger partial charge in [-0.1, -0.05) is 0 Å². The first-order valence-corrected chi connectivity index (χ1v) is 11.5. The van der Waals surface area contributed by atoms with E-state index in [0.717, 1.165) is 62.8 Å². The summed E-state index contributed by atoms with van der Waals surface area (Å²) in [5.41, 5.74) is 8.60. The second-order valence-electron chi connectivity index (χ2n) is 9.09. The Labute approximate surface area is 188 Å². The van der Waals surface area contributed by atoms with Gasteiger partial charge < -0.3 is 25.6 Å². The maximum Gasteiger partial charge on any atom is 0.189 e. The third kappa shape index (κ3) is 4.27. The summed E-state index contributed by atoms with van der Waals surface area (Å²) in [4.78, 5) is 31.0.